The van der Waals surface area contributed by atoms with Crippen LogP contribution in [0.15, 0.2) is 12.1 Å². The van der Waals surface area contributed by atoms with Gasteiger partial charge in [-0.1, -0.05) is 0 Å². The van der Waals surface area contributed by atoms with E-state index in [1.54, 1.807) is 0 Å². The van der Waals surface area contributed by atoms with Crippen LogP contribution in [0.3, 0.4) is 0 Å². The Balaban J connectivity index is 1.42. The van der Waals surface area contributed by atoms with Crippen LogP contribution >= 0.6 is 0 Å². The van der Waals surface area contributed by atoms with Gasteiger partial charge >= 0.3 is 0 Å². The van der Waals surface area contributed by atoms with E-state index in [4.69, 9.17) is 15.5 Å². The first-order valence-corrected chi connectivity index (χ1v) is 9.52. The molecule has 1 aliphatic heterocycles. The molecular formula is C19H30N4O. The Bertz CT molecular complexity index is 579. The third-order valence-electron chi connectivity index (χ3n) is 6.04. The van der Waals surface area contributed by atoms with E-state index in [1.165, 1.54) is 24.9 Å². The molecule has 0 bridgehead atoms. The highest BCUT2D eigenvalue weighted by Gasteiger charge is 2.42. The lowest BCUT2D eigenvalue weighted by molar-refractivity contribution is -0.106. The van der Waals surface area contributed by atoms with Gasteiger partial charge in [-0.25, -0.2) is 4.98 Å². The molecule has 2 heterocycles. The highest BCUT2D eigenvalue weighted by Crippen LogP contribution is 2.39. The number of nitrogens with two attached hydrogens (primary N) is 1. The summed E-state index contributed by atoms with van der Waals surface area (Å²) in [6.45, 7) is 4.87. The van der Waals surface area contributed by atoms with E-state index < -0.39 is 0 Å². The first kappa shape index (κ1) is 16.2. The third kappa shape index (κ3) is 3.24. The minimum absolute atomic E-state index is 0.117. The van der Waals surface area contributed by atoms with Gasteiger partial charge in [0.2, 0.25) is 0 Å². The zero-order valence-electron chi connectivity index (χ0n) is 14.8. The van der Waals surface area contributed by atoms with Crippen LogP contribution in [0.2, 0.25) is 0 Å². The number of rotatable bonds is 3. The molecule has 1 aromatic heterocycles. The van der Waals surface area contributed by atoms with Crippen molar-refractivity contribution >= 4 is 11.5 Å². The van der Waals surface area contributed by atoms with E-state index in [0.717, 1.165) is 56.9 Å². The third-order valence-corrected chi connectivity index (χ3v) is 6.04. The molecule has 3 fully saturated rings. The van der Waals surface area contributed by atoms with Crippen molar-refractivity contribution in [3.05, 3.63) is 17.8 Å². The van der Waals surface area contributed by atoms with Gasteiger partial charge in [0.25, 0.3) is 0 Å². The van der Waals surface area contributed by atoms with Crippen LogP contribution in [-0.4, -0.2) is 42.4 Å². The summed E-state index contributed by atoms with van der Waals surface area (Å²) in [5.74, 6) is 1.10. The average molecular weight is 330 g/mol. The molecular weight excluding hydrogens is 300 g/mol. The van der Waals surface area contributed by atoms with E-state index >= 15 is 0 Å². The van der Waals surface area contributed by atoms with Crippen LogP contribution < -0.4 is 16.0 Å². The van der Waals surface area contributed by atoms with Crippen molar-refractivity contribution in [3.8, 4) is 0 Å². The number of pyridine rings is 1. The molecule has 3 N–H and O–H groups in total. The molecule has 0 unspecified atom stereocenters. The zero-order valence-corrected chi connectivity index (χ0v) is 14.8. The molecule has 0 amide bonds. The molecule has 0 radical (unpaired) electrons. The summed E-state index contributed by atoms with van der Waals surface area (Å²) in [7, 11) is 0. The van der Waals surface area contributed by atoms with Gasteiger partial charge in [0.15, 0.2) is 0 Å². The molecule has 2 aliphatic carbocycles. The first-order valence-electron chi connectivity index (χ1n) is 9.52. The SMILES string of the molecule is Cc1nc(N2CCOC3(CCC3)C2)ccc1NC1CCC(N)CC1. The standard InChI is InChI=1S/C19H30N4O/c1-14-17(22-16-5-3-15(20)4-6-16)7-8-18(21-14)23-11-12-24-19(13-23)9-2-10-19/h7-8,15-16,22H,2-6,9-13,20H2,1H3. The van der Waals surface area contributed by atoms with Gasteiger partial charge in [0.1, 0.15) is 5.82 Å². The fourth-order valence-corrected chi connectivity index (χ4v) is 4.27. The number of anilines is 2. The molecule has 0 aromatic carbocycles. The van der Waals surface area contributed by atoms with Gasteiger partial charge < -0.3 is 20.7 Å². The number of hydrogen-bond donors (Lipinski definition) is 2. The predicted molar refractivity (Wildman–Crippen MR) is 97.6 cm³/mol. The molecule has 5 heteroatoms. The smallest absolute Gasteiger partial charge is 0.129 e. The number of nitrogens with one attached hydrogen (secondary N) is 1. The van der Waals surface area contributed by atoms with Crippen LogP contribution in [0.25, 0.3) is 0 Å². The second-order valence-electron chi connectivity index (χ2n) is 7.87. The topological polar surface area (TPSA) is 63.4 Å². The number of ether oxygens (including phenoxy) is 1. The Morgan fingerprint density at radius 1 is 1.25 bits per heavy atom. The summed E-state index contributed by atoms with van der Waals surface area (Å²) < 4.78 is 6.02. The lowest BCUT2D eigenvalue weighted by Gasteiger charge is -2.48. The normalized spacial score (nSPS) is 29.3. The van der Waals surface area contributed by atoms with Crippen molar-refractivity contribution in [3.63, 3.8) is 0 Å². The summed E-state index contributed by atoms with van der Waals surface area (Å²) >= 11 is 0. The maximum Gasteiger partial charge on any atom is 0.129 e. The molecule has 2 saturated carbocycles. The quantitative estimate of drug-likeness (QED) is 0.892. The summed E-state index contributed by atoms with van der Waals surface area (Å²) in [4.78, 5) is 7.29. The van der Waals surface area contributed by atoms with E-state index in [2.05, 4.69) is 29.3 Å². The first-order chi connectivity index (χ1) is 11.6. The molecule has 1 saturated heterocycles. The van der Waals surface area contributed by atoms with E-state index in [-0.39, 0.29) is 5.60 Å². The van der Waals surface area contributed by atoms with Crippen LogP contribution in [0.4, 0.5) is 11.5 Å². The Morgan fingerprint density at radius 3 is 2.71 bits per heavy atom. The van der Waals surface area contributed by atoms with Gasteiger partial charge in [-0.3, -0.25) is 0 Å². The zero-order chi connectivity index (χ0) is 16.6. The Labute approximate surface area is 145 Å². The van der Waals surface area contributed by atoms with Gasteiger partial charge in [0.05, 0.1) is 23.6 Å². The summed E-state index contributed by atoms with van der Waals surface area (Å²) in [6, 6.07) is 5.30. The van der Waals surface area contributed by atoms with Crippen LogP contribution in [0, 0.1) is 6.92 Å². The number of hydrogen-bond acceptors (Lipinski definition) is 5. The summed E-state index contributed by atoms with van der Waals surface area (Å²) in [6.07, 6.45) is 8.27. The lowest BCUT2D eigenvalue weighted by atomic mass is 9.79. The van der Waals surface area contributed by atoms with Crippen molar-refractivity contribution in [2.75, 3.05) is 29.9 Å². The largest absolute Gasteiger partial charge is 0.381 e. The number of morpholine rings is 1. The molecule has 4 rings (SSSR count). The predicted octanol–water partition coefficient (Wildman–Crippen LogP) is 2.83. The maximum absolute atomic E-state index is 6.02. The Morgan fingerprint density at radius 2 is 2.04 bits per heavy atom. The fraction of sp³-hybridized carbons (Fsp3) is 0.737. The highest BCUT2D eigenvalue weighted by atomic mass is 16.5. The van der Waals surface area contributed by atoms with Gasteiger partial charge in [0, 0.05) is 25.2 Å². The second-order valence-corrected chi connectivity index (χ2v) is 7.87. The monoisotopic (exact) mass is 330 g/mol. The molecule has 1 aromatic rings. The number of aromatic nitrogens is 1. The van der Waals surface area contributed by atoms with Crippen molar-refractivity contribution in [2.24, 2.45) is 5.73 Å². The molecule has 5 nitrogen and oxygen atoms in total. The van der Waals surface area contributed by atoms with Crippen molar-refractivity contribution in [1.29, 1.82) is 0 Å². The number of aryl methyl sites for hydroxylation is 1. The van der Waals surface area contributed by atoms with Crippen LogP contribution in [-0.2, 0) is 4.74 Å². The van der Waals surface area contributed by atoms with Gasteiger partial charge in [-0.05, 0) is 64.0 Å². The van der Waals surface area contributed by atoms with Crippen molar-refractivity contribution < 1.29 is 4.74 Å². The van der Waals surface area contributed by atoms with Gasteiger partial charge in [-0.2, -0.15) is 0 Å². The highest BCUT2D eigenvalue weighted by molar-refractivity contribution is 5.54. The second kappa shape index (κ2) is 6.52. The summed E-state index contributed by atoms with van der Waals surface area (Å²) in [5.41, 5.74) is 8.39. The summed E-state index contributed by atoms with van der Waals surface area (Å²) in [5, 5.41) is 3.68. The molecule has 132 valence electrons. The van der Waals surface area contributed by atoms with Crippen LogP contribution in [0.1, 0.15) is 50.6 Å². The Hall–Kier alpha value is -1.33. The van der Waals surface area contributed by atoms with E-state index in [1.807, 2.05) is 0 Å². The van der Waals surface area contributed by atoms with Crippen molar-refractivity contribution in [2.45, 2.75) is 69.6 Å². The van der Waals surface area contributed by atoms with E-state index in [9.17, 15) is 0 Å². The van der Waals surface area contributed by atoms with Crippen LogP contribution in [0.5, 0.6) is 0 Å². The van der Waals surface area contributed by atoms with Crippen molar-refractivity contribution in [1.82, 2.24) is 4.98 Å². The molecule has 3 aliphatic rings. The Kier molecular flexibility index (Phi) is 4.39. The van der Waals surface area contributed by atoms with E-state index in [0.29, 0.717) is 12.1 Å². The fourth-order valence-electron chi connectivity index (χ4n) is 4.27. The minimum Gasteiger partial charge on any atom is -0.381 e. The maximum atomic E-state index is 6.02. The number of nitrogens with zero attached hydrogens (tertiary/aromatic N) is 2. The average Bonchev–Trinajstić information content (AvgIpc) is 2.57. The lowest BCUT2D eigenvalue weighted by Crippen LogP contribution is -2.56. The molecule has 24 heavy (non-hydrogen) atoms. The van der Waals surface area contributed by atoms with Gasteiger partial charge in [-0.15, -0.1) is 0 Å². The molecule has 1 spiro atoms. The minimum atomic E-state index is 0.117. The molecule has 0 atom stereocenters.